The van der Waals surface area contributed by atoms with Gasteiger partial charge in [0.15, 0.2) is 5.75 Å². The van der Waals surface area contributed by atoms with Gasteiger partial charge in [-0.15, -0.1) is 0 Å². The minimum atomic E-state index is -4.16. The summed E-state index contributed by atoms with van der Waals surface area (Å²) in [5, 5.41) is 0. The third-order valence-electron chi connectivity index (χ3n) is 5.00. The predicted molar refractivity (Wildman–Crippen MR) is 124 cm³/mol. The summed E-state index contributed by atoms with van der Waals surface area (Å²) in [5.74, 6) is -1.08. The molecule has 2 aromatic carbocycles. The first-order chi connectivity index (χ1) is 14.8. The monoisotopic (exact) mass is 528 g/mol. The van der Waals surface area contributed by atoms with Gasteiger partial charge < -0.3 is 14.4 Å². The molecule has 1 N–H and O–H groups in total. The highest BCUT2D eigenvalue weighted by molar-refractivity contribution is 9.10. The SMILES string of the molecule is COc1c(N2CC[C@@H]2C)ccc(NS(=O)(=O)c2ccc(F)cc2Br)c1C(=O)OC(C)(C)C. The van der Waals surface area contributed by atoms with Crippen molar-refractivity contribution in [1.82, 2.24) is 0 Å². The summed E-state index contributed by atoms with van der Waals surface area (Å²) in [4.78, 5) is 15.0. The normalized spacial score (nSPS) is 16.3. The molecule has 1 aliphatic heterocycles. The lowest BCUT2D eigenvalue weighted by Gasteiger charge is -2.41. The van der Waals surface area contributed by atoms with E-state index in [-0.39, 0.29) is 32.4 Å². The van der Waals surface area contributed by atoms with Crippen molar-refractivity contribution in [3.05, 3.63) is 46.2 Å². The first-order valence-electron chi connectivity index (χ1n) is 10.0. The fraction of sp³-hybridized carbons (Fsp3) is 0.409. The van der Waals surface area contributed by atoms with Crippen molar-refractivity contribution in [2.75, 3.05) is 23.3 Å². The summed E-state index contributed by atoms with van der Waals surface area (Å²) in [6, 6.07) is 6.72. The lowest BCUT2D eigenvalue weighted by molar-refractivity contribution is 0.00678. The van der Waals surface area contributed by atoms with Crippen LogP contribution in [0.1, 0.15) is 44.5 Å². The fourth-order valence-electron chi connectivity index (χ4n) is 3.39. The summed E-state index contributed by atoms with van der Waals surface area (Å²) in [6.07, 6.45) is 0.998. The van der Waals surface area contributed by atoms with Crippen molar-refractivity contribution in [1.29, 1.82) is 0 Å². The molecule has 0 spiro atoms. The number of hydrogen-bond donors (Lipinski definition) is 1. The van der Waals surface area contributed by atoms with Gasteiger partial charge in [0.25, 0.3) is 10.0 Å². The minimum absolute atomic E-state index is 0.00394. The average molecular weight is 529 g/mol. The predicted octanol–water partition coefficient (Wildman–Crippen LogP) is 4.95. The van der Waals surface area contributed by atoms with Gasteiger partial charge in [0.1, 0.15) is 21.9 Å². The van der Waals surface area contributed by atoms with Crippen LogP contribution in [0.25, 0.3) is 0 Å². The van der Waals surface area contributed by atoms with E-state index in [9.17, 15) is 17.6 Å². The number of benzene rings is 2. The Balaban J connectivity index is 2.13. The lowest BCUT2D eigenvalue weighted by Crippen LogP contribution is -2.46. The van der Waals surface area contributed by atoms with Crippen molar-refractivity contribution in [3.8, 4) is 5.75 Å². The number of hydrogen-bond acceptors (Lipinski definition) is 6. The molecule has 0 radical (unpaired) electrons. The number of methoxy groups -OCH3 is 1. The molecule has 3 rings (SSSR count). The number of nitrogens with zero attached hydrogens (tertiary/aromatic N) is 1. The molecule has 0 bridgehead atoms. The maximum Gasteiger partial charge on any atom is 0.344 e. The zero-order valence-corrected chi connectivity index (χ0v) is 20.9. The Bertz CT molecular complexity index is 1150. The van der Waals surface area contributed by atoms with Crippen LogP contribution in [0.2, 0.25) is 0 Å². The number of sulfonamides is 1. The number of carbonyl (C=O) groups excluding carboxylic acids is 1. The van der Waals surface area contributed by atoms with Crippen molar-refractivity contribution >= 4 is 43.3 Å². The van der Waals surface area contributed by atoms with Gasteiger partial charge in [0.05, 0.1) is 18.5 Å². The first kappa shape index (κ1) is 24.3. The standard InChI is InChI=1S/C22H26BrFN2O5S/c1-13-10-11-26(13)17-8-7-16(19(20(17)30-5)21(27)31-22(2,3)4)25-32(28,29)18-9-6-14(24)12-15(18)23/h6-9,12-13,25H,10-11H2,1-5H3/t13-/m0/s1. The smallest absolute Gasteiger partial charge is 0.344 e. The zero-order chi connectivity index (χ0) is 23.8. The second-order valence-corrected chi connectivity index (χ2v) is 11.1. The molecule has 0 aliphatic carbocycles. The number of nitrogens with one attached hydrogen (secondary N) is 1. The van der Waals surface area contributed by atoms with Crippen molar-refractivity contribution in [2.24, 2.45) is 0 Å². The highest BCUT2D eigenvalue weighted by atomic mass is 79.9. The van der Waals surface area contributed by atoms with Crippen LogP contribution in [0, 0.1) is 5.82 Å². The maximum atomic E-state index is 13.5. The molecule has 1 aliphatic rings. The molecule has 32 heavy (non-hydrogen) atoms. The molecule has 1 atom stereocenters. The quantitative estimate of drug-likeness (QED) is 0.533. The number of carbonyl (C=O) groups is 1. The van der Waals surface area contributed by atoms with Gasteiger partial charge in [-0.05, 0) is 80.4 Å². The second kappa shape index (κ2) is 8.90. The topological polar surface area (TPSA) is 84.9 Å². The van der Waals surface area contributed by atoms with E-state index in [1.165, 1.54) is 13.2 Å². The molecular formula is C22H26BrFN2O5S. The molecule has 0 aromatic heterocycles. The minimum Gasteiger partial charge on any atom is -0.494 e. The van der Waals surface area contributed by atoms with E-state index in [1.807, 2.05) is 0 Å². The Morgan fingerprint density at radius 2 is 1.94 bits per heavy atom. The fourth-order valence-corrected chi connectivity index (χ4v) is 5.51. The van der Waals surface area contributed by atoms with Gasteiger partial charge in [-0.3, -0.25) is 4.72 Å². The Morgan fingerprint density at radius 3 is 2.44 bits per heavy atom. The largest absolute Gasteiger partial charge is 0.494 e. The molecule has 174 valence electrons. The maximum absolute atomic E-state index is 13.5. The van der Waals surface area contributed by atoms with Crippen LogP contribution in [-0.2, 0) is 14.8 Å². The molecular weight excluding hydrogens is 503 g/mol. The van der Waals surface area contributed by atoms with Gasteiger partial charge >= 0.3 is 5.97 Å². The van der Waals surface area contributed by atoms with Gasteiger partial charge in [-0.2, -0.15) is 0 Å². The van der Waals surface area contributed by atoms with Crippen molar-refractivity contribution < 1.29 is 27.1 Å². The molecule has 1 heterocycles. The second-order valence-electron chi connectivity index (χ2n) is 8.55. The van der Waals surface area contributed by atoms with Gasteiger partial charge in [-0.1, -0.05) is 0 Å². The molecule has 10 heteroatoms. The third-order valence-corrected chi connectivity index (χ3v) is 7.34. The summed E-state index contributed by atoms with van der Waals surface area (Å²) in [5.41, 5.74) is -0.152. The zero-order valence-electron chi connectivity index (χ0n) is 18.5. The number of esters is 1. The highest BCUT2D eigenvalue weighted by Crippen LogP contribution is 2.42. The Morgan fingerprint density at radius 1 is 1.25 bits per heavy atom. The highest BCUT2D eigenvalue weighted by Gasteiger charge is 2.33. The molecule has 1 fully saturated rings. The van der Waals surface area contributed by atoms with Crippen molar-refractivity contribution in [3.63, 3.8) is 0 Å². The van der Waals surface area contributed by atoms with E-state index in [1.54, 1.807) is 26.8 Å². The van der Waals surface area contributed by atoms with Gasteiger partial charge in [0.2, 0.25) is 0 Å². The lowest BCUT2D eigenvalue weighted by atomic mass is 10.0. The van der Waals surface area contributed by atoms with E-state index in [0.717, 1.165) is 31.2 Å². The van der Waals surface area contributed by atoms with E-state index in [4.69, 9.17) is 9.47 Å². The number of rotatable bonds is 6. The molecule has 0 amide bonds. The van der Waals surface area contributed by atoms with E-state index >= 15 is 0 Å². The number of anilines is 2. The number of halogens is 2. The summed E-state index contributed by atoms with van der Waals surface area (Å²) in [7, 11) is -2.74. The van der Waals surface area contributed by atoms with Crippen LogP contribution >= 0.6 is 15.9 Å². The van der Waals surface area contributed by atoms with Crippen LogP contribution in [-0.4, -0.2) is 39.7 Å². The summed E-state index contributed by atoms with van der Waals surface area (Å²) >= 11 is 3.08. The van der Waals surface area contributed by atoms with E-state index in [2.05, 4.69) is 32.5 Å². The third kappa shape index (κ3) is 5.01. The molecule has 0 saturated carbocycles. The average Bonchev–Trinajstić information content (AvgIpc) is 2.65. The van der Waals surface area contributed by atoms with Crippen molar-refractivity contribution in [2.45, 2.75) is 50.7 Å². The molecule has 2 aromatic rings. The van der Waals surface area contributed by atoms with Crippen LogP contribution in [0.15, 0.2) is 39.7 Å². The molecule has 0 unspecified atom stereocenters. The van der Waals surface area contributed by atoms with Crippen LogP contribution < -0.4 is 14.4 Å². The summed E-state index contributed by atoms with van der Waals surface area (Å²) < 4.78 is 53.2. The van der Waals surface area contributed by atoms with Crippen LogP contribution in [0.4, 0.5) is 15.8 Å². The molecule has 1 saturated heterocycles. The Labute approximate surface area is 196 Å². The molecule has 7 nitrogen and oxygen atoms in total. The Kier molecular flexibility index (Phi) is 6.76. The van der Waals surface area contributed by atoms with E-state index in [0.29, 0.717) is 5.69 Å². The first-order valence-corrected chi connectivity index (χ1v) is 12.3. The Hall–Kier alpha value is -2.33. The van der Waals surface area contributed by atoms with E-state index < -0.39 is 27.4 Å². The number of ether oxygens (including phenoxy) is 2. The summed E-state index contributed by atoms with van der Waals surface area (Å²) in [6.45, 7) is 8.01. The van der Waals surface area contributed by atoms with Gasteiger partial charge in [0, 0.05) is 17.1 Å². The van der Waals surface area contributed by atoms with Crippen LogP contribution in [0.3, 0.4) is 0 Å². The van der Waals surface area contributed by atoms with Gasteiger partial charge in [-0.25, -0.2) is 17.6 Å². The van der Waals surface area contributed by atoms with Crippen LogP contribution in [0.5, 0.6) is 5.75 Å².